The summed E-state index contributed by atoms with van der Waals surface area (Å²) in [5.41, 5.74) is 0.970. The Morgan fingerprint density at radius 3 is 2.79 bits per heavy atom. The Morgan fingerprint density at radius 1 is 1.50 bits per heavy atom. The normalized spacial score (nSPS) is 39.1. The van der Waals surface area contributed by atoms with Crippen LogP contribution in [-0.4, -0.2) is 10.7 Å². The molecule has 3 atom stereocenters. The van der Waals surface area contributed by atoms with Gasteiger partial charge in [-0.3, -0.25) is 0 Å². The lowest BCUT2D eigenvalue weighted by Gasteiger charge is -2.29. The van der Waals surface area contributed by atoms with Crippen LogP contribution >= 0.6 is 0 Å². The van der Waals surface area contributed by atoms with Crippen LogP contribution < -0.4 is 0 Å². The van der Waals surface area contributed by atoms with Gasteiger partial charge in [0, 0.05) is 5.92 Å². The zero-order valence-electron chi connectivity index (χ0n) is 9.16. The summed E-state index contributed by atoms with van der Waals surface area (Å²) in [6, 6.07) is 0. The van der Waals surface area contributed by atoms with Crippen LogP contribution in [0.1, 0.15) is 39.5 Å². The van der Waals surface area contributed by atoms with Crippen molar-refractivity contribution in [2.45, 2.75) is 45.1 Å². The molecule has 2 bridgehead atoms. The van der Waals surface area contributed by atoms with Gasteiger partial charge in [0.25, 0.3) is 0 Å². The van der Waals surface area contributed by atoms with Crippen LogP contribution in [-0.2, 0) is 0 Å². The third-order valence-corrected chi connectivity index (χ3v) is 3.61. The molecule has 0 aromatic heterocycles. The van der Waals surface area contributed by atoms with Crippen molar-refractivity contribution in [3.63, 3.8) is 0 Å². The third-order valence-electron chi connectivity index (χ3n) is 3.61. The number of allylic oxidation sites excluding steroid dienone is 3. The highest BCUT2D eigenvalue weighted by atomic mass is 16.3. The molecule has 0 amide bonds. The van der Waals surface area contributed by atoms with Gasteiger partial charge in [0.15, 0.2) is 0 Å². The van der Waals surface area contributed by atoms with E-state index in [-0.39, 0.29) is 5.60 Å². The van der Waals surface area contributed by atoms with E-state index < -0.39 is 0 Å². The quantitative estimate of drug-likeness (QED) is 0.681. The van der Waals surface area contributed by atoms with Gasteiger partial charge in [-0.2, -0.15) is 0 Å². The molecule has 2 aliphatic rings. The van der Waals surface area contributed by atoms with Crippen LogP contribution in [0.2, 0.25) is 0 Å². The van der Waals surface area contributed by atoms with Crippen molar-refractivity contribution >= 4 is 0 Å². The van der Waals surface area contributed by atoms with Gasteiger partial charge in [0.1, 0.15) is 0 Å². The molecular weight excluding hydrogens is 172 g/mol. The topological polar surface area (TPSA) is 20.2 Å². The first-order chi connectivity index (χ1) is 6.60. The molecule has 1 fully saturated rings. The highest BCUT2D eigenvalue weighted by Gasteiger charge is 2.46. The fraction of sp³-hybridized carbons (Fsp3) is 0.692. The van der Waals surface area contributed by atoms with Crippen molar-refractivity contribution in [3.8, 4) is 0 Å². The molecule has 0 saturated heterocycles. The number of rotatable bonds is 3. The fourth-order valence-corrected chi connectivity index (χ4v) is 2.83. The maximum Gasteiger partial charge on any atom is 0.0718 e. The van der Waals surface area contributed by atoms with Crippen molar-refractivity contribution in [3.05, 3.63) is 23.8 Å². The second-order valence-electron chi connectivity index (χ2n) is 5.12. The van der Waals surface area contributed by atoms with Crippen LogP contribution in [0.5, 0.6) is 0 Å². The standard InChI is InChI=1S/C13H20O/c1-10(2)4-3-7-13(14)9-11-5-6-12(13)8-11/h4-6,11-12,14H,3,7-9H2,1-2H3/t11-,12+,13?/m0/s1. The van der Waals surface area contributed by atoms with Crippen molar-refractivity contribution in [2.75, 3.05) is 0 Å². The molecule has 0 aromatic carbocycles. The molecule has 1 saturated carbocycles. The first-order valence-electron chi connectivity index (χ1n) is 5.64. The van der Waals surface area contributed by atoms with E-state index in [9.17, 15) is 5.11 Å². The Balaban J connectivity index is 1.92. The van der Waals surface area contributed by atoms with Gasteiger partial charge in [-0.05, 0) is 45.4 Å². The first-order valence-corrected chi connectivity index (χ1v) is 5.64. The van der Waals surface area contributed by atoms with E-state index in [1.165, 1.54) is 12.0 Å². The molecule has 0 heterocycles. The van der Waals surface area contributed by atoms with E-state index in [0.717, 1.165) is 19.3 Å². The van der Waals surface area contributed by atoms with Crippen LogP contribution in [0.15, 0.2) is 23.8 Å². The smallest absolute Gasteiger partial charge is 0.0718 e. The molecule has 0 aromatic rings. The van der Waals surface area contributed by atoms with Crippen LogP contribution in [0.4, 0.5) is 0 Å². The highest BCUT2D eigenvalue weighted by molar-refractivity contribution is 5.16. The summed E-state index contributed by atoms with van der Waals surface area (Å²) >= 11 is 0. The summed E-state index contributed by atoms with van der Waals surface area (Å²) in [4.78, 5) is 0. The first kappa shape index (κ1) is 9.97. The molecule has 2 rings (SSSR count). The summed E-state index contributed by atoms with van der Waals surface area (Å²) in [7, 11) is 0. The molecule has 0 radical (unpaired) electrons. The molecule has 14 heavy (non-hydrogen) atoms. The maximum absolute atomic E-state index is 10.4. The molecule has 78 valence electrons. The molecule has 0 aliphatic heterocycles. The number of hydrogen-bond donors (Lipinski definition) is 1. The zero-order valence-corrected chi connectivity index (χ0v) is 9.16. The molecule has 2 aliphatic carbocycles. The van der Waals surface area contributed by atoms with E-state index in [1.54, 1.807) is 0 Å². The van der Waals surface area contributed by atoms with Gasteiger partial charge in [-0.1, -0.05) is 23.8 Å². The summed E-state index contributed by atoms with van der Waals surface area (Å²) in [6.07, 6.45) is 10.9. The summed E-state index contributed by atoms with van der Waals surface area (Å²) < 4.78 is 0. The van der Waals surface area contributed by atoms with Crippen molar-refractivity contribution < 1.29 is 5.11 Å². The Labute approximate surface area is 86.5 Å². The van der Waals surface area contributed by atoms with Crippen LogP contribution in [0.25, 0.3) is 0 Å². The fourth-order valence-electron chi connectivity index (χ4n) is 2.83. The van der Waals surface area contributed by atoms with Crippen LogP contribution in [0, 0.1) is 11.8 Å². The van der Waals surface area contributed by atoms with Gasteiger partial charge < -0.3 is 5.11 Å². The molecule has 1 heteroatoms. The van der Waals surface area contributed by atoms with Crippen molar-refractivity contribution in [1.29, 1.82) is 0 Å². The summed E-state index contributed by atoms with van der Waals surface area (Å²) in [6.45, 7) is 4.23. The minimum Gasteiger partial charge on any atom is -0.389 e. The van der Waals surface area contributed by atoms with E-state index in [0.29, 0.717) is 11.8 Å². The van der Waals surface area contributed by atoms with E-state index in [4.69, 9.17) is 0 Å². The average molecular weight is 192 g/mol. The molecule has 1 nitrogen and oxygen atoms in total. The van der Waals surface area contributed by atoms with E-state index in [1.807, 2.05) is 0 Å². The van der Waals surface area contributed by atoms with Gasteiger partial charge in [-0.25, -0.2) is 0 Å². The lowest BCUT2D eigenvalue weighted by atomic mass is 9.84. The minimum atomic E-state index is -0.384. The predicted octanol–water partition coefficient (Wildman–Crippen LogP) is 3.06. The second kappa shape index (κ2) is 3.54. The average Bonchev–Trinajstić information content (AvgIpc) is 2.62. The van der Waals surface area contributed by atoms with Crippen molar-refractivity contribution in [2.24, 2.45) is 11.8 Å². The zero-order chi connectivity index (χ0) is 10.2. The van der Waals surface area contributed by atoms with E-state index >= 15 is 0 Å². The Hall–Kier alpha value is -0.560. The van der Waals surface area contributed by atoms with Gasteiger partial charge in [-0.15, -0.1) is 0 Å². The maximum atomic E-state index is 10.4. The van der Waals surface area contributed by atoms with E-state index in [2.05, 4.69) is 32.1 Å². The Bertz CT molecular complexity index is 273. The van der Waals surface area contributed by atoms with Crippen LogP contribution in [0.3, 0.4) is 0 Å². The predicted molar refractivity (Wildman–Crippen MR) is 59.0 cm³/mol. The second-order valence-corrected chi connectivity index (χ2v) is 5.12. The molecular formula is C13H20O. The lowest BCUT2D eigenvalue weighted by Crippen LogP contribution is -2.33. The molecule has 0 spiro atoms. The Kier molecular flexibility index (Phi) is 2.52. The molecule has 1 N–H and O–H groups in total. The monoisotopic (exact) mass is 192 g/mol. The largest absolute Gasteiger partial charge is 0.389 e. The SMILES string of the molecule is CC(C)=CCCC1(O)C[C@H]2C=C[C@@H]1C2. The van der Waals surface area contributed by atoms with Gasteiger partial charge in [0.2, 0.25) is 0 Å². The Morgan fingerprint density at radius 2 is 2.29 bits per heavy atom. The minimum absolute atomic E-state index is 0.384. The number of hydrogen-bond acceptors (Lipinski definition) is 1. The highest BCUT2D eigenvalue weighted by Crippen LogP contribution is 2.48. The van der Waals surface area contributed by atoms with Gasteiger partial charge >= 0.3 is 0 Å². The van der Waals surface area contributed by atoms with Gasteiger partial charge in [0.05, 0.1) is 5.60 Å². The third kappa shape index (κ3) is 1.78. The summed E-state index contributed by atoms with van der Waals surface area (Å²) in [5, 5.41) is 10.4. The number of fused-ring (bicyclic) bond motifs is 2. The lowest BCUT2D eigenvalue weighted by molar-refractivity contribution is 0.00747. The summed E-state index contributed by atoms with van der Waals surface area (Å²) in [5.74, 6) is 1.11. The number of aliphatic hydroxyl groups is 1. The molecule has 1 unspecified atom stereocenters. The van der Waals surface area contributed by atoms with Crippen molar-refractivity contribution in [1.82, 2.24) is 0 Å².